The summed E-state index contributed by atoms with van der Waals surface area (Å²) in [7, 11) is 0. The first-order chi connectivity index (χ1) is 16.2. The summed E-state index contributed by atoms with van der Waals surface area (Å²) in [5.41, 5.74) is 0.865. The Kier molecular flexibility index (Phi) is 8.34. The second kappa shape index (κ2) is 11.2. The van der Waals surface area contributed by atoms with Crippen molar-refractivity contribution in [1.29, 1.82) is 0 Å². The number of amides is 3. The quantitative estimate of drug-likeness (QED) is 0.192. The molecule has 1 aromatic rings. The molecule has 12 heteroatoms. The van der Waals surface area contributed by atoms with Crippen LogP contribution in [0.1, 0.15) is 18.4 Å². The van der Waals surface area contributed by atoms with Gasteiger partial charge in [0.15, 0.2) is 6.10 Å². The summed E-state index contributed by atoms with van der Waals surface area (Å²) in [6.45, 7) is 0.0329. The summed E-state index contributed by atoms with van der Waals surface area (Å²) >= 11 is 0. The van der Waals surface area contributed by atoms with Crippen LogP contribution in [0.3, 0.4) is 0 Å². The molecular weight excluding hydrogens is 452 g/mol. The number of nitrogens with zero attached hydrogens (tertiary/aromatic N) is 1. The van der Waals surface area contributed by atoms with Gasteiger partial charge in [0.25, 0.3) is 11.8 Å². The third-order valence-corrected chi connectivity index (χ3v) is 5.38. The van der Waals surface area contributed by atoms with Gasteiger partial charge in [-0.25, -0.2) is 4.79 Å². The molecule has 1 aromatic carbocycles. The number of aliphatic hydroxyl groups is 3. The van der Waals surface area contributed by atoms with Crippen molar-refractivity contribution < 1.29 is 49.1 Å². The molecule has 184 valence electrons. The van der Waals surface area contributed by atoms with E-state index in [1.54, 1.807) is 18.2 Å². The number of aliphatic hydroxyl groups excluding tert-OH is 3. The normalized spacial score (nSPS) is 26.6. The number of ether oxygens (including phenoxy) is 2. The van der Waals surface area contributed by atoms with E-state index in [-0.39, 0.29) is 12.3 Å². The number of carboxylic acids is 1. The molecule has 2 aliphatic rings. The molecule has 3 amide bonds. The van der Waals surface area contributed by atoms with Gasteiger partial charge in [-0.15, -0.1) is 0 Å². The number of carbonyl (C=O) groups is 4. The van der Waals surface area contributed by atoms with Gasteiger partial charge < -0.3 is 35.2 Å². The summed E-state index contributed by atoms with van der Waals surface area (Å²) in [5.74, 6) is -2.69. The van der Waals surface area contributed by atoms with E-state index < -0.39 is 54.4 Å². The van der Waals surface area contributed by atoms with Gasteiger partial charge in [-0.1, -0.05) is 12.1 Å². The Balaban J connectivity index is 1.43. The molecule has 5 atom stereocenters. The number of hydrogen-bond acceptors (Lipinski definition) is 9. The molecule has 1 saturated heterocycles. The molecule has 0 aliphatic carbocycles. The first-order valence-corrected chi connectivity index (χ1v) is 10.7. The van der Waals surface area contributed by atoms with Crippen LogP contribution in [0, 0.1) is 0 Å². The molecule has 0 aromatic heterocycles. The lowest BCUT2D eigenvalue weighted by Crippen LogP contribution is -2.61. The summed E-state index contributed by atoms with van der Waals surface area (Å²) in [6, 6.07) is 6.77. The highest BCUT2D eigenvalue weighted by Crippen LogP contribution is 2.25. The van der Waals surface area contributed by atoms with Crippen molar-refractivity contribution in [2.45, 2.75) is 50.0 Å². The van der Waals surface area contributed by atoms with Crippen LogP contribution >= 0.6 is 0 Å². The molecule has 0 radical (unpaired) electrons. The second-order valence-electron chi connectivity index (χ2n) is 7.90. The monoisotopic (exact) mass is 478 g/mol. The van der Waals surface area contributed by atoms with E-state index in [0.29, 0.717) is 25.8 Å². The van der Waals surface area contributed by atoms with Crippen molar-refractivity contribution in [3.05, 3.63) is 42.0 Å². The smallest absolute Gasteiger partial charge is 0.335 e. The number of aryl methyl sites for hydroxylation is 1. The van der Waals surface area contributed by atoms with Crippen molar-refractivity contribution in [3.8, 4) is 5.75 Å². The van der Waals surface area contributed by atoms with E-state index in [0.717, 1.165) is 22.6 Å². The van der Waals surface area contributed by atoms with Crippen LogP contribution in [-0.2, 0) is 30.3 Å². The SMILES string of the molecule is O=C(CN1C(=O)C=CC1=O)NCCCCc1cccc(O[C@@H]2O[C@H](C(=O)O)[C@@H](O)[C@H](O)[C@H]2O)c1. The lowest BCUT2D eigenvalue weighted by atomic mass is 9.99. The maximum Gasteiger partial charge on any atom is 0.335 e. The fourth-order valence-electron chi connectivity index (χ4n) is 3.53. The zero-order chi connectivity index (χ0) is 24.8. The Bertz CT molecular complexity index is 947. The number of aliphatic carboxylic acids is 1. The van der Waals surface area contributed by atoms with Gasteiger partial charge in [0.1, 0.15) is 30.6 Å². The maximum absolute atomic E-state index is 11.9. The number of unbranched alkanes of at least 4 members (excludes halogenated alkanes) is 1. The van der Waals surface area contributed by atoms with Crippen LogP contribution in [0.2, 0.25) is 0 Å². The van der Waals surface area contributed by atoms with E-state index in [2.05, 4.69) is 5.32 Å². The number of carboxylic acid groups (broad SMARTS) is 1. The first kappa shape index (κ1) is 25.3. The Morgan fingerprint density at radius 2 is 1.74 bits per heavy atom. The van der Waals surface area contributed by atoms with Crippen molar-refractivity contribution in [3.63, 3.8) is 0 Å². The fraction of sp³-hybridized carbons (Fsp3) is 0.455. The summed E-state index contributed by atoms with van der Waals surface area (Å²) in [5, 5.41) is 41.5. The zero-order valence-corrected chi connectivity index (χ0v) is 18.1. The van der Waals surface area contributed by atoms with Gasteiger partial charge in [-0.05, 0) is 37.0 Å². The first-order valence-electron chi connectivity index (χ1n) is 10.7. The number of benzene rings is 1. The zero-order valence-electron chi connectivity index (χ0n) is 18.1. The minimum Gasteiger partial charge on any atom is -0.479 e. The number of hydrogen-bond donors (Lipinski definition) is 5. The Morgan fingerprint density at radius 3 is 2.41 bits per heavy atom. The molecule has 1 fully saturated rings. The predicted octanol–water partition coefficient (Wildman–Crippen LogP) is -1.68. The van der Waals surface area contributed by atoms with E-state index in [9.17, 15) is 34.5 Å². The molecule has 2 aliphatic heterocycles. The number of carbonyl (C=O) groups excluding carboxylic acids is 3. The van der Waals surface area contributed by atoms with Crippen LogP contribution in [-0.4, -0.2) is 92.8 Å². The van der Waals surface area contributed by atoms with Crippen molar-refractivity contribution in [2.75, 3.05) is 13.1 Å². The molecule has 0 saturated carbocycles. The van der Waals surface area contributed by atoms with Crippen molar-refractivity contribution in [2.24, 2.45) is 0 Å². The van der Waals surface area contributed by atoms with Gasteiger partial charge in [0.2, 0.25) is 12.2 Å². The molecule has 34 heavy (non-hydrogen) atoms. The average Bonchev–Trinajstić information content (AvgIpc) is 3.11. The molecular formula is C22H26N2O10. The molecule has 0 spiro atoms. The van der Waals surface area contributed by atoms with Crippen LogP contribution in [0.25, 0.3) is 0 Å². The highest BCUT2D eigenvalue weighted by atomic mass is 16.7. The van der Waals surface area contributed by atoms with E-state index in [1.165, 1.54) is 0 Å². The molecule has 5 N–H and O–H groups in total. The molecule has 0 bridgehead atoms. The van der Waals surface area contributed by atoms with Crippen molar-refractivity contribution >= 4 is 23.7 Å². The molecule has 2 heterocycles. The largest absolute Gasteiger partial charge is 0.479 e. The van der Waals surface area contributed by atoms with Crippen LogP contribution in [0.4, 0.5) is 0 Å². The van der Waals surface area contributed by atoms with Crippen LogP contribution < -0.4 is 10.1 Å². The standard InChI is InChI=1S/C22H26N2O10/c25-14(11-24-15(26)7-8-16(24)27)23-9-2-1-4-12-5-3-6-13(10-12)33-22-19(30)17(28)18(29)20(34-22)21(31)32/h3,5-8,10,17-20,22,28-30H,1-2,4,9,11H2,(H,23,25)(H,31,32)/t17-,18-,19+,20-,22+/m0/s1. The average molecular weight is 478 g/mol. The number of rotatable bonds is 10. The van der Waals surface area contributed by atoms with E-state index in [1.807, 2.05) is 6.07 Å². The second-order valence-corrected chi connectivity index (χ2v) is 7.90. The van der Waals surface area contributed by atoms with Gasteiger partial charge in [0.05, 0.1) is 0 Å². The van der Waals surface area contributed by atoms with Crippen LogP contribution in [0.15, 0.2) is 36.4 Å². The van der Waals surface area contributed by atoms with Crippen molar-refractivity contribution in [1.82, 2.24) is 10.2 Å². The highest BCUT2D eigenvalue weighted by molar-refractivity contribution is 6.14. The van der Waals surface area contributed by atoms with Gasteiger partial charge >= 0.3 is 5.97 Å². The summed E-state index contributed by atoms with van der Waals surface area (Å²) in [6.07, 6.45) is -4.27. The van der Waals surface area contributed by atoms with Gasteiger partial charge in [0, 0.05) is 18.7 Å². The Hall–Kier alpha value is -3.32. The number of imide groups is 1. The lowest BCUT2D eigenvalue weighted by molar-refractivity contribution is -0.271. The Labute approximate surface area is 194 Å². The molecule has 3 rings (SSSR count). The minimum atomic E-state index is -1.80. The topological polar surface area (TPSA) is 183 Å². The summed E-state index contributed by atoms with van der Waals surface area (Å²) in [4.78, 5) is 46.9. The Morgan fingerprint density at radius 1 is 1.03 bits per heavy atom. The summed E-state index contributed by atoms with van der Waals surface area (Å²) < 4.78 is 10.6. The number of nitrogens with one attached hydrogen (secondary N) is 1. The van der Waals surface area contributed by atoms with Crippen LogP contribution in [0.5, 0.6) is 5.75 Å². The predicted molar refractivity (Wildman–Crippen MR) is 113 cm³/mol. The molecule has 0 unspecified atom stereocenters. The van der Waals surface area contributed by atoms with E-state index in [4.69, 9.17) is 14.6 Å². The third kappa shape index (κ3) is 6.17. The lowest BCUT2D eigenvalue weighted by Gasteiger charge is -2.38. The van der Waals surface area contributed by atoms with Gasteiger partial charge in [-0.3, -0.25) is 19.3 Å². The fourth-order valence-corrected chi connectivity index (χ4v) is 3.53. The van der Waals surface area contributed by atoms with Gasteiger partial charge in [-0.2, -0.15) is 0 Å². The van der Waals surface area contributed by atoms with E-state index >= 15 is 0 Å². The minimum absolute atomic E-state index is 0.274. The highest BCUT2D eigenvalue weighted by Gasteiger charge is 2.48. The molecule has 12 nitrogen and oxygen atoms in total. The maximum atomic E-state index is 11.9. The third-order valence-electron chi connectivity index (χ3n) is 5.38.